The zero-order valence-electron chi connectivity index (χ0n) is 9.57. The Hall–Kier alpha value is -0.690. The third kappa shape index (κ3) is 2.66. The van der Waals surface area contributed by atoms with Gasteiger partial charge in [0.05, 0.1) is 0 Å². The Morgan fingerprint density at radius 1 is 1.07 bits per heavy atom. The lowest BCUT2D eigenvalue weighted by molar-refractivity contribution is 0.721. The molecule has 0 N–H and O–H groups in total. The SMILES string of the molecule is CN(C)c1ccccc1C1CCCC1.Cl. The summed E-state index contributed by atoms with van der Waals surface area (Å²) < 4.78 is 0. The number of benzene rings is 1. The molecule has 0 radical (unpaired) electrons. The smallest absolute Gasteiger partial charge is 0.0396 e. The van der Waals surface area contributed by atoms with Crippen LogP contribution >= 0.6 is 12.4 Å². The van der Waals surface area contributed by atoms with Crippen LogP contribution in [0.3, 0.4) is 0 Å². The van der Waals surface area contributed by atoms with Crippen molar-refractivity contribution < 1.29 is 0 Å². The highest BCUT2D eigenvalue weighted by Crippen LogP contribution is 2.38. The second-order valence-corrected chi connectivity index (χ2v) is 4.43. The topological polar surface area (TPSA) is 3.24 Å². The fraction of sp³-hybridized carbons (Fsp3) is 0.538. The van der Waals surface area contributed by atoms with Crippen LogP contribution in [0.5, 0.6) is 0 Å². The van der Waals surface area contributed by atoms with E-state index in [9.17, 15) is 0 Å². The van der Waals surface area contributed by atoms with Crippen LogP contribution in [0.2, 0.25) is 0 Å². The molecule has 15 heavy (non-hydrogen) atoms. The molecule has 84 valence electrons. The van der Waals surface area contributed by atoms with E-state index in [1.165, 1.54) is 31.4 Å². The molecule has 0 bridgehead atoms. The van der Waals surface area contributed by atoms with Gasteiger partial charge in [-0.1, -0.05) is 31.0 Å². The van der Waals surface area contributed by atoms with Gasteiger partial charge in [-0.25, -0.2) is 0 Å². The van der Waals surface area contributed by atoms with Crippen LogP contribution < -0.4 is 4.90 Å². The summed E-state index contributed by atoms with van der Waals surface area (Å²) in [5, 5.41) is 0. The van der Waals surface area contributed by atoms with Crippen LogP contribution in [0.25, 0.3) is 0 Å². The zero-order valence-corrected chi connectivity index (χ0v) is 10.4. The predicted octanol–water partition coefficient (Wildman–Crippen LogP) is 3.83. The van der Waals surface area contributed by atoms with E-state index >= 15 is 0 Å². The number of anilines is 1. The van der Waals surface area contributed by atoms with Gasteiger partial charge in [0, 0.05) is 19.8 Å². The van der Waals surface area contributed by atoms with E-state index in [1.807, 2.05) is 0 Å². The summed E-state index contributed by atoms with van der Waals surface area (Å²) in [4.78, 5) is 2.23. The normalized spacial score (nSPS) is 16.1. The minimum atomic E-state index is 0. The number of rotatable bonds is 2. The summed E-state index contributed by atoms with van der Waals surface area (Å²) in [6.45, 7) is 0. The molecule has 1 fully saturated rings. The van der Waals surface area contributed by atoms with E-state index in [0.717, 1.165) is 5.92 Å². The first-order valence-electron chi connectivity index (χ1n) is 5.55. The number of halogens is 1. The summed E-state index contributed by atoms with van der Waals surface area (Å²) >= 11 is 0. The standard InChI is InChI=1S/C13H19N.ClH/c1-14(2)13-10-6-5-9-12(13)11-7-3-4-8-11;/h5-6,9-11H,3-4,7-8H2,1-2H3;1H. The van der Waals surface area contributed by atoms with E-state index in [0.29, 0.717) is 0 Å². The highest BCUT2D eigenvalue weighted by molar-refractivity contribution is 5.85. The van der Waals surface area contributed by atoms with Gasteiger partial charge in [-0.15, -0.1) is 12.4 Å². The maximum Gasteiger partial charge on any atom is 0.0396 e. The van der Waals surface area contributed by atoms with Gasteiger partial charge in [0.25, 0.3) is 0 Å². The summed E-state index contributed by atoms with van der Waals surface area (Å²) in [6, 6.07) is 8.83. The molecular weight excluding hydrogens is 206 g/mol. The fourth-order valence-corrected chi connectivity index (χ4v) is 2.48. The first-order valence-corrected chi connectivity index (χ1v) is 5.55. The fourth-order valence-electron chi connectivity index (χ4n) is 2.48. The summed E-state index contributed by atoms with van der Waals surface area (Å²) in [6.07, 6.45) is 5.58. The maximum atomic E-state index is 2.30. The molecule has 0 unspecified atom stereocenters. The molecule has 1 aliphatic rings. The Balaban J connectivity index is 0.00000112. The minimum absolute atomic E-state index is 0. The number of hydrogen-bond acceptors (Lipinski definition) is 1. The van der Waals surface area contributed by atoms with Gasteiger partial charge >= 0.3 is 0 Å². The van der Waals surface area contributed by atoms with Crippen molar-refractivity contribution in [1.29, 1.82) is 0 Å². The van der Waals surface area contributed by atoms with Gasteiger partial charge in [0.15, 0.2) is 0 Å². The van der Waals surface area contributed by atoms with E-state index in [1.54, 1.807) is 5.56 Å². The number of hydrogen-bond donors (Lipinski definition) is 0. The summed E-state index contributed by atoms with van der Waals surface area (Å²) in [5.74, 6) is 0.814. The molecule has 2 rings (SSSR count). The van der Waals surface area contributed by atoms with Crippen molar-refractivity contribution in [3.63, 3.8) is 0 Å². The van der Waals surface area contributed by atoms with E-state index in [4.69, 9.17) is 0 Å². The van der Waals surface area contributed by atoms with E-state index in [2.05, 4.69) is 43.3 Å². The zero-order chi connectivity index (χ0) is 9.97. The Bertz CT molecular complexity index is 303. The molecule has 0 aromatic heterocycles. The van der Waals surface area contributed by atoms with Crippen LogP contribution in [0.15, 0.2) is 24.3 Å². The van der Waals surface area contributed by atoms with Crippen molar-refractivity contribution in [2.45, 2.75) is 31.6 Å². The average Bonchev–Trinajstić information content (AvgIpc) is 2.70. The molecule has 0 spiro atoms. The molecule has 1 aliphatic carbocycles. The highest BCUT2D eigenvalue weighted by Gasteiger charge is 2.19. The molecule has 1 nitrogen and oxygen atoms in total. The molecule has 1 saturated carbocycles. The van der Waals surface area contributed by atoms with Crippen molar-refractivity contribution in [3.8, 4) is 0 Å². The van der Waals surface area contributed by atoms with E-state index < -0.39 is 0 Å². The number of para-hydroxylation sites is 1. The van der Waals surface area contributed by atoms with Gasteiger partial charge in [-0.3, -0.25) is 0 Å². The highest BCUT2D eigenvalue weighted by atomic mass is 35.5. The van der Waals surface area contributed by atoms with Gasteiger partial charge < -0.3 is 4.90 Å². The van der Waals surface area contributed by atoms with Crippen LogP contribution in [0, 0.1) is 0 Å². The van der Waals surface area contributed by atoms with Crippen LogP contribution in [-0.4, -0.2) is 14.1 Å². The molecule has 0 aliphatic heterocycles. The monoisotopic (exact) mass is 225 g/mol. The molecule has 0 heterocycles. The first kappa shape index (κ1) is 12.4. The predicted molar refractivity (Wildman–Crippen MR) is 69.2 cm³/mol. The third-order valence-corrected chi connectivity index (χ3v) is 3.21. The second kappa shape index (κ2) is 5.41. The summed E-state index contributed by atoms with van der Waals surface area (Å²) in [5.41, 5.74) is 2.95. The Morgan fingerprint density at radius 3 is 2.27 bits per heavy atom. The first-order chi connectivity index (χ1) is 6.79. The third-order valence-electron chi connectivity index (χ3n) is 3.21. The molecule has 2 heteroatoms. The molecule has 1 aromatic carbocycles. The lowest BCUT2D eigenvalue weighted by atomic mass is 9.95. The van der Waals surface area contributed by atoms with Crippen LogP contribution in [-0.2, 0) is 0 Å². The van der Waals surface area contributed by atoms with Gasteiger partial charge in [0.1, 0.15) is 0 Å². The van der Waals surface area contributed by atoms with Crippen LogP contribution in [0.4, 0.5) is 5.69 Å². The maximum absolute atomic E-state index is 2.30. The van der Waals surface area contributed by atoms with Gasteiger partial charge in [-0.2, -0.15) is 0 Å². The average molecular weight is 226 g/mol. The van der Waals surface area contributed by atoms with Crippen molar-refractivity contribution in [2.24, 2.45) is 0 Å². The minimum Gasteiger partial charge on any atom is -0.377 e. The molecular formula is C13H20ClN. The largest absolute Gasteiger partial charge is 0.377 e. The quantitative estimate of drug-likeness (QED) is 0.740. The van der Waals surface area contributed by atoms with Crippen molar-refractivity contribution in [3.05, 3.63) is 29.8 Å². The van der Waals surface area contributed by atoms with Gasteiger partial charge in [-0.05, 0) is 30.4 Å². The van der Waals surface area contributed by atoms with Crippen molar-refractivity contribution in [2.75, 3.05) is 19.0 Å². The lowest BCUT2D eigenvalue weighted by Gasteiger charge is -2.20. The van der Waals surface area contributed by atoms with Crippen LogP contribution in [0.1, 0.15) is 37.2 Å². The molecule has 0 saturated heterocycles. The van der Waals surface area contributed by atoms with Crippen molar-refractivity contribution in [1.82, 2.24) is 0 Å². The van der Waals surface area contributed by atoms with Crippen molar-refractivity contribution >= 4 is 18.1 Å². The Kier molecular flexibility index (Phi) is 4.46. The second-order valence-electron chi connectivity index (χ2n) is 4.43. The lowest BCUT2D eigenvalue weighted by Crippen LogP contribution is -2.12. The Labute approximate surface area is 98.9 Å². The molecule has 0 amide bonds. The Morgan fingerprint density at radius 2 is 1.67 bits per heavy atom. The van der Waals surface area contributed by atoms with E-state index in [-0.39, 0.29) is 12.4 Å². The molecule has 0 atom stereocenters. The summed E-state index contributed by atoms with van der Waals surface area (Å²) in [7, 11) is 4.27. The number of nitrogens with zero attached hydrogens (tertiary/aromatic N) is 1. The van der Waals surface area contributed by atoms with Gasteiger partial charge in [0.2, 0.25) is 0 Å². The molecule has 1 aromatic rings.